The summed E-state index contributed by atoms with van der Waals surface area (Å²) in [7, 11) is 0. The maximum absolute atomic E-state index is 12.3. The number of para-hydroxylation sites is 2. The Hall–Kier alpha value is -3.15. The molecule has 2 N–H and O–H groups in total. The van der Waals surface area contributed by atoms with Gasteiger partial charge >= 0.3 is 11.1 Å². The van der Waals surface area contributed by atoms with Gasteiger partial charge in [0.05, 0.1) is 11.0 Å². The molecule has 0 atom stereocenters. The number of hydrogen-bond donors (Lipinski definition) is 2. The standard InChI is InChI=1S/C18H17N3O3/c1-2-12-7-9-13(10-8-12)19-16(22)11-21-15-6-4-3-5-14(15)20-17(23)18(21)24/h3-10H,2,11H2,1H3,(H,19,22)(H,20,23). The number of anilines is 1. The highest BCUT2D eigenvalue weighted by Crippen LogP contribution is 2.11. The fourth-order valence-corrected chi connectivity index (χ4v) is 2.55. The van der Waals surface area contributed by atoms with E-state index in [9.17, 15) is 14.4 Å². The number of nitrogens with one attached hydrogen (secondary N) is 2. The van der Waals surface area contributed by atoms with Gasteiger partial charge in [0.2, 0.25) is 5.91 Å². The van der Waals surface area contributed by atoms with E-state index in [0.717, 1.165) is 6.42 Å². The van der Waals surface area contributed by atoms with Crippen LogP contribution in [0.4, 0.5) is 5.69 Å². The number of aromatic amines is 1. The second kappa shape index (κ2) is 6.54. The van der Waals surface area contributed by atoms with E-state index in [1.165, 1.54) is 10.1 Å². The lowest BCUT2D eigenvalue weighted by molar-refractivity contribution is -0.116. The molecule has 122 valence electrons. The van der Waals surface area contributed by atoms with Crippen LogP contribution in [0.2, 0.25) is 0 Å². The Bertz CT molecular complexity index is 1000. The number of amides is 1. The summed E-state index contributed by atoms with van der Waals surface area (Å²) in [6.07, 6.45) is 0.919. The molecule has 1 heterocycles. The van der Waals surface area contributed by atoms with Crippen molar-refractivity contribution in [2.24, 2.45) is 0 Å². The average Bonchev–Trinajstić information content (AvgIpc) is 2.59. The molecule has 0 aliphatic carbocycles. The lowest BCUT2D eigenvalue weighted by Gasteiger charge is -2.10. The molecule has 0 bridgehead atoms. The highest BCUT2D eigenvalue weighted by atomic mass is 16.2. The number of carbonyl (C=O) groups is 1. The second-order valence-electron chi connectivity index (χ2n) is 5.46. The number of hydrogen-bond acceptors (Lipinski definition) is 3. The van der Waals surface area contributed by atoms with Crippen molar-refractivity contribution in [1.82, 2.24) is 9.55 Å². The van der Waals surface area contributed by atoms with Gasteiger partial charge in [-0.3, -0.25) is 19.0 Å². The average molecular weight is 323 g/mol. The predicted molar refractivity (Wildman–Crippen MR) is 93.3 cm³/mol. The Balaban J connectivity index is 1.89. The molecule has 3 aromatic rings. The molecule has 1 amide bonds. The van der Waals surface area contributed by atoms with Crippen molar-refractivity contribution >= 4 is 22.6 Å². The first kappa shape index (κ1) is 15.7. The first-order chi connectivity index (χ1) is 11.6. The van der Waals surface area contributed by atoms with Crippen LogP contribution in [0.1, 0.15) is 12.5 Å². The van der Waals surface area contributed by atoms with E-state index < -0.39 is 11.1 Å². The van der Waals surface area contributed by atoms with E-state index in [2.05, 4.69) is 17.2 Å². The molecule has 24 heavy (non-hydrogen) atoms. The molecule has 0 spiro atoms. The SMILES string of the molecule is CCc1ccc(NC(=O)Cn2c(=O)c(=O)[nH]c3ccccc32)cc1. The van der Waals surface area contributed by atoms with Crippen LogP contribution in [0.25, 0.3) is 11.0 Å². The summed E-state index contributed by atoms with van der Waals surface area (Å²) in [5.41, 5.74) is 1.36. The monoisotopic (exact) mass is 323 g/mol. The lowest BCUT2D eigenvalue weighted by atomic mass is 10.1. The third-order valence-corrected chi connectivity index (χ3v) is 3.83. The van der Waals surface area contributed by atoms with Crippen molar-refractivity contribution < 1.29 is 4.79 Å². The molecule has 6 nitrogen and oxygen atoms in total. The molecule has 1 aromatic heterocycles. The van der Waals surface area contributed by atoms with Crippen LogP contribution in [-0.4, -0.2) is 15.5 Å². The smallest absolute Gasteiger partial charge is 0.317 e. The van der Waals surface area contributed by atoms with Gasteiger partial charge in [0, 0.05) is 5.69 Å². The molecule has 0 saturated heterocycles. The maximum Gasteiger partial charge on any atom is 0.317 e. The van der Waals surface area contributed by atoms with Gasteiger partial charge in [-0.05, 0) is 36.2 Å². The third kappa shape index (κ3) is 3.12. The van der Waals surface area contributed by atoms with Crippen LogP contribution < -0.4 is 16.4 Å². The number of H-pyrrole nitrogens is 1. The summed E-state index contributed by atoms with van der Waals surface area (Å²) >= 11 is 0. The highest BCUT2D eigenvalue weighted by molar-refractivity contribution is 5.91. The number of nitrogens with zero attached hydrogens (tertiary/aromatic N) is 1. The van der Waals surface area contributed by atoms with Crippen LogP contribution >= 0.6 is 0 Å². The Morgan fingerprint density at radius 2 is 1.79 bits per heavy atom. The zero-order valence-electron chi connectivity index (χ0n) is 13.2. The summed E-state index contributed by atoms with van der Waals surface area (Å²) in [4.78, 5) is 38.6. The molecule has 0 unspecified atom stereocenters. The van der Waals surface area contributed by atoms with Gasteiger partial charge in [0.25, 0.3) is 0 Å². The predicted octanol–water partition coefficient (Wildman–Crippen LogP) is 1.89. The first-order valence-corrected chi connectivity index (χ1v) is 7.69. The van der Waals surface area contributed by atoms with Crippen molar-refractivity contribution in [2.45, 2.75) is 19.9 Å². The number of carbonyl (C=O) groups excluding carboxylic acids is 1. The van der Waals surface area contributed by atoms with Crippen molar-refractivity contribution in [3.05, 3.63) is 74.8 Å². The van der Waals surface area contributed by atoms with E-state index >= 15 is 0 Å². The van der Waals surface area contributed by atoms with Crippen LogP contribution in [0, 0.1) is 0 Å². The van der Waals surface area contributed by atoms with Gasteiger partial charge in [-0.1, -0.05) is 31.2 Å². The largest absolute Gasteiger partial charge is 0.325 e. The van der Waals surface area contributed by atoms with Gasteiger partial charge in [-0.15, -0.1) is 0 Å². The van der Waals surface area contributed by atoms with Crippen LogP contribution in [0.3, 0.4) is 0 Å². The summed E-state index contributed by atoms with van der Waals surface area (Å²) in [6.45, 7) is 1.83. The maximum atomic E-state index is 12.3. The van der Waals surface area contributed by atoms with E-state index in [1.807, 2.05) is 24.3 Å². The van der Waals surface area contributed by atoms with E-state index in [0.29, 0.717) is 16.7 Å². The Kier molecular flexibility index (Phi) is 4.29. The molecular weight excluding hydrogens is 306 g/mol. The number of benzene rings is 2. The minimum Gasteiger partial charge on any atom is -0.325 e. The van der Waals surface area contributed by atoms with Crippen molar-refractivity contribution in [1.29, 1.82) is 0 Å². The van der Waals surface area contributed by atoms with Gasteiger partial charge in [-0.25, -0.2) is 0 Å². The summed E-state index contributed by atoms with van der Waals surface area (Å²) in [5.74, 6) is -0.364. The number of aromatic nitrogens is 2. The van der Waals surface area contributed by atoms with Crippen LogP contribution in [-0.2, 0) is 17.8 Å². The van der Waals surface area contributed by atoms with Crippen molar-refractivity contribution in [3.63, 3.8) is 0 Å². The summed E-state index contributed by atoms with van der Waals surface area (Å²) in [6, 6.07) is 14.4. The number of rotatable bonds is 4. The Morgan fingerprint density at radius 1 is 1.08 bits per heavy atom. The molecular formula is C18H17N3O3. The zero-order valence-corrected chi connectivity index (χ0v) is 13.2. The molecule has 0 fully saturated rings. The highest BCUT2D eigenvalue weighted by Gasteiger charge is 2.11. The minimum atomic E-state index is -0.745. The Labute approximate surface area is 137 Å². The fourth-order valence-electron chi connectivity index (χ4n) is 2.55. The molecule has 0 aliphatic heterocycles. The third-order valence-electron chi connectivity index (χ3n) is 3.83. The number of aryl methyl sites for hydroxylation is 1. The zero-order chi connectivity index (χ0) is 17.1. The molecule has 2 aromatic carbocycles. The minimum absolute atomic E-state index is 0.223. The fraction of sp³-hybridized carbons (Fsp3) is 0.167. The van der Waals surface area contributed by atoms with E-state index in [4.69, 9.17) is 0 Å². The molecule has 0 aliphatic rings. The van der Waals surface area contributed by atoms with Gasteiger partial charge in [0.15, 0.2) is 0 Å². The molecule has 0 radical (unpaired) electrons. The van der Waals surface area contributed by atoms with E-state index in [-0.39, 0.29) is 12.5 Å². The van der Waals surface area contributed by atoms with Gasteiger partial charge in [-0.2, -0.15) is 0 Å². The summed E-state index contributed by atoms with van der Waals surface area (Å²) < 4.78 is 1.18. The lowest BCUT2D eigenvalue weighted by Crippen LogP contribution is -2.38. The second-order valence-corrected chi connectivity index (χ2v) is 5.46. The van der Waals surface area contributed by atoms with Gasteiger partial charge in [0.1, 0.15) is 6.54 Å². The van der Waals surface area contributed by atoms with E-state index in [1.54, 1.807) is 24.3 Å². The van der Waals surface area contributed by atoms with Crippen molar-refractivity contribution in [3.8, 4) is 0 Å². The van der Waals surface area contributed by atoms with Crippen molar-refractivity contribution in [2.75, 3.05) is 5.32 Å². The normalized spacial score (nSPS) is 10.7. The quantitative estimate of drug-likeness (QED) is 0.719. The first-order valence-electron chi connectivity index (χ1n) is 7.69. The molecule has 6 heteroatoms. The topological polar surface area (TPSA) is 84.0 Å². The van der Waals surface area contributed by atoms with Crippen LogP contribution in [0.15, 0.2) is 58.1 Å². The Morgan fingerprint density at radius 3 is 2.50 bits per heavy atom. The summed E-state index contributed by atoms with van der Waals surface area (Å²) in [5, 5.41) is 2.74. The molecule has 3 rings (SSSR count). The van der Waals surface area contributed by atoms with Gasteiger partial charge < -0.3 is 10.3 Å². The molecule has 0 saturated carbocycles. The number of fused-ring (bicyclic) bond motifs is 1. The van der Waals surface area contributed by atoms with Crippen LogP contribution in [0.5, 0.6) is 0 Å².